The van der Waals surface area contributed by atoms with E-state index in [1.54, 1.807) is 0 Å². The van der Waals surface area contributed by atoms with E-state index in [1.165, 1.54) is 37.4 Å². The summed E-state index contributed by atoms with van der Waals surface area (Å²) in [6.45, 7) is 2.36. The third kappa shape index (κ3) is 2.55. The van der Waals surface area contributed by atoms with Gasteiger partial charge in [-0.25, -0.2) is 0 Å². The van der Waals surface area contributed by atoms with Gasteiger partial charge in [-0.2, -0.15) is 8.75 Å². The van der Waals surface area contributed by atoms with E-state index in [0.29, 0.717) is 6.04 Å². The van der Waals surface area contributed by atoms with Gasteiger partial charge >= 0.3 is 0 Å². The van der Waals surface area contributed by atoms with Crippen LogP contribution in [0.2, 0.25) is 0 Å². The molecule has 0 aromatic carbocycles. The summed E-state index contributed by atoms with van der Waals surface area (Å²) in [6, 6.07) is 0.413. The highest BCUT2D eigenvalue weighted by molar-refractivity contribution is 6.99. The zero-order valence-corrected chi connectivity index (χ0v) is 10.3. The molecular formula is C11H19N3S. The molecule has 0 saturated heterocycles. The Morgan fingerprint density at radius 1 is 1.40 bits per heavy atom. The lowest BCUT2D eigenvalue weighted by Gasteiger charge is -2.31. The van der Waals surface area contributed by atoms with Gasteiger partial charge < -0.3 is 5.32 Å². The Labute approximate surface area is 95.6 Å². The van der Waals surface area contributed by atoms with Gasteiger partial charge in [0.1, 0.15) is 0 Å². The molecule has 2 rings (SSSR count). The van der Waals surface area contributed by atoms with E-state index in [2.05, 4.69) is 21.0 Å². The minimum atomic E-state index is 0.413. The quantitative estimate of drug-likeness (QED) is 0.859. The second kappa shape index (κ2) is 5.03. The van der Waals surface area contributed by atoms with Gasteiger partial charge in [0.2, 0.25) is 0 Å². The van der Waals surface area contributed by atoms with Crippen LogP contribution in [0.3, 0.4) is 0 Å². The number of hydrogen-bond acceptors (Lipinski definition) is 4. The van der Waals surface area contributed by atoms with Crippen LogP contribution < -0.4 is 5.32 Å². The zero-order chi connectivity index (χ0) is 10.7. The zero-order valence-electron chi connectivity index (χ0n) is 9.44. The van der Waals surface area contributed by atoms with Crippen molar-refractivity contribution in [3.8, 4) is 0 Å². The molecule has 1 aromatic rings. The summed E-state index contributed by atoms with van der Waals surface area (Å²) in [5.74, 6) is 1.66. The van der Waals surface area contributed by atoms with Crippen LogP contribution in [0.4, 0.5) is 0 Å². The molecule has 0 radical (unpaired) electrons. The van der Waals surface area contributed by atoms with Crippen LogP contribution in [-0.2, 0) is 0 Å². The first kappa shape index (κ1) is 11.0. The smallest absolute Gasteiger partial charge is 0.0914 e. The molecule has 0 aliphatic heterocycles. The van der Waals surface area contributed by atoms with Crippen LogP contribution in [0.25, 0.3) is 0 Å². The van der Waals surface area contributed by atoms with Crippen molar-refractivity contribution in [2.45, 2.75) is 38.6 Å². The van der Waals surface area contributed by atoms with Crippen LogP contribution in [0, 0.1) is 11.8 Å². The molecule has 1 aliphatic carbocycles. The predicted molar refractivity (Wildman–Crippen MR) is 62.8 cm³/mol. The van der Waals surface area contributed by atoms with Gasteiger partial charge in [-0.1, -0.05) is 19.8 Å². The van der Waals surface area contributed by atoms with Crippen molar-refractivity contribution in [3.63, 3.8) is 0 Å². The Hall–Kier alpha value is -0.480. The van der Waals surface area contributed by atoms with Crippen LogP contribution >= 0.6 is 11.7 Å². The molecule has 0 amide bonds. The topological polar surface area (TPSA) is 37.8 Å². The van der Waals surface area contributed by atoms with E-state index in [0.717, 1.165) is 17.5 Å². The molecule has 0 spiro atoms. The Bertz CT molecular complexity index is 278. The van der Waals surface area contributed by atoms with Crippen LogP contribution in [0.5, 0.6) is 0 Å². The van der Waals surface area contributed by atoms with Gasteiger partial charge in [0, 0.05) is 0 Å². The second-order valence-corrected chi connectivity index (χ2v) is 5.18. The Kier molecular flexibility index (Phi) is 3.70. The number of nitrogens with one attached hydrogen (secondary N) is 1. The lowest BCUT2D eigenvalue weighted by molar-refractivity contribution is 0.236. The fraction of sp³-hybridized carbons (Fsp3) is 0.818. The van der Waals surface area contributed by atoms with Crippen molar-refractivity contribution >= 4 is 11.7 Å². The summed E-state index contributed by atoms with van der Waals surface area (Å²) in [5.41, 5.74) is 1.13. The fourth-order valence-electron chi connectivity index (χ4n) is 2.55. The second-order valence-electron chi connectivity index (χ2n) is 4.62. The van der Waals surface area contributed by atoms with Crippen LogP contribution in [-0.4, -0.2) is 15.8 Å². The van der Waals surface area contributed by atoms with Crippen molar-refractivity contribution in [2.75, 3.05) is 7.05 Å². The molecule has 4 heteroatoms. The molecule has 1 heterocycles. The molecule has 1 fully saturated rings. The highest BCUT2D eigenvalue weighted by Crippen LogP contribution is 2.35. The summed E-state index contributed by atoms with van der Waals surface area (Å²) in [7, 11) is 2.03. The Morgan fingerprint density at radius 2 is 2.13 bits per heavy atom. The molecule has 15 heavy (non-hydrogen) atoms. The maximum absolute atomic E-state index is 4.35. The molecule has 1 aromatic heterocycles. The molecule has 3 nitrogen and oxygen atoms in total. The summed E-state index contributed by atoms with van der Waals surface area (Å²) >= 11 is 1.31. The standard InChI is InChI=1S/C11H19N3S/c1-8-3-5-9(6-4-8)11(12-2)10-7-13-15-14-10/h7-9,11-12H,3-6H2,1-2H3. The summed E-state index contributed by atoms with van der Waals surface area (Å²) in [4.78, 5) is 0. The molecule has 1 N–H and O–H groups in total. The summed E-state index contributed by atoms with van der Waals surface area (Å²) < 4.78 is 8.44. The van der Waals surface area contributed by atoms with Gasteiger partial charge in [0.25, 0.3) is 0 Å². The minimum Gasteiger partial charge on any atom is -0.311 e. The van der Waals surface area contributed by atoms with Gasteiger partial charge in [0.15, 0.2) is 0 Å². The Morgan fingerprint density at radius 3 is 2.67 bits per heavy atom. The Balaban J connectivity index is 2.01. The van der Waals surface area contributed by atoms with Gasteiger partial charge in [-0.05, 0) is 31.7 Å². The van der Waals surface area contributed by atoms with E-state index in [1.807, 2.05) is 13.2 Å². The van der Waals surface area contributed by atoms with E-state index >= 15 is 0 Å². The molecular weight excluding hydrogens is 206 g/mol. The number of aromatic nitrogens is 2. The average Bonchev–Trinajstić information content (AvgIpc) is 2.75. The van der Waals surface area contributed by atoms with Gasteiger partial charge in [0.05, 0.1) is 29.7 Å². The third-order valence-corrected chi connectivity index (χ3v) is 4.03. The SMILES string of the molecule is CNC(c1cnsn1)C1CCC(C)CC1. The highest BCUT2D eigenvalue weighted by atomic mass is 32.1. The molecule has 84 valence electrons. The van der Waals surface area contributed by atoms with Crippen molar-refractivity contribution in [1.29, 1.82) is 0 Å². The highest BCUT2D eigenvalue weighted by Gasteiger charge is 2.27. The molecule has 0 bridgehead atoms. The minimum absolute atomic E-state index is 0.413. The number of hydrogen-bond donors (Lipinski definition) is 1. The lowest BCUT2D eigenvalue weighted by Crippen LogP contribution is -2.28. The molecule has 1 unspecified atom stereocenters. The van der Waals surface area contributed by atoms with Crippen molar-refractivity contribution in [3.05, 3.63) is 11.9 Å². The third-order valence-electron chi connectivity index (χ3n) is 3.54. The van der Waals surface area contributed by atoms with Crippen molar-refractivity contribution < 1.29 is 0 Å². The van der Waals surface area contributed by atoms with Gasteiger partial charge in [-0.15, -0.1) is 0 Å². The average molecular weight is 225 g/mol. The van der Waals surface area contributed by atoms with Crippen molar-refractivity contribution in [1.82, 2.24) is 14.1 Å². The summed E-state index contributed by atoms with van der Waals surface area (Å²) in [5, 5.41) is 3.39. The van der Waals surface area contributed by atoms with E-state index in [4.69, 9.17) is 0 Å². The van der Waals surface area contributed by atoms with Gasteiger partial charge in [-0.3, -0.25) is 0 Å². The monoisotopic (exact) mass is 225 g/mol. The van der Waals surface area contributed by atoms with E-state index in [9.17, 15) is 0 Å². The first-order valence-electron chi connectivity index (χ1n) is 5.76. The maximum atomic E-state index is 4.35. The fourth-order valence-corrected chi connectivity index (χ4v) is 3.01. The summed E-state index contributed by atoms with van der Waals surface area (Å²) in [6.07, 6.45) is 7.28. The molecule has 1 atom stereocenters. The number of rotatable bonds is 3. The normalized spacial score (nSPS) is 28.9. The molecule has 1 saturated carbocycles. The van der Waals surface area contributed by atoms with Crippen molar-refractivity contribution in [2.24, 2.45) is 11.8 Å². The van der Waals surface area contributed by atoms with E-state index in [-0.39, 0.29) is 0 Å². The van der Waals surface area contributed by atoms with Crippen LogP contribution in [0.15, 0.2) is 6.20 Å². The van der Waals surface area contributed by atoms with E-state index < -0.39 is 0 Å². The first-order valence-corrected chi connectivity index (χ1v) is 6.49. The largest absolute Gasteiger partial charge is 0.311 e. The molecule has 1 aliphatic rings. The number of nitrogens with zero attached hydrogens (tertiary/aromatic N) is 2. The van der Waals surface area contributed by atoms with Crippen LogP contribution in [0.1, 0.15) is 44.3 Å². The first-order chi connectivity index (χ1) is 7.31. The maximum Gasteiger partial charge on any atom is 0.0914 e. The lowest BCUT2D eigenvalue weighted by atomic mass is 9.78. The predicted octanol–water partition coefficient (Wildman–Crippen LogP) is 2.62.